The summed E-state index contributed by atoms with van der Waals surface area (Å²) >= 11 is 1.51. The predicted molar refractivity (Wildman–Crippen MR) is 83.6 cm³/mol. The minimum atomic E-state index is -0.816. The van der Waals surface area contributed by atoms with Gasteiger partial charge in [0.25, 0.3) is 0 Å². The molecule has 2 N–H and O–H groups in total. The number of hydrogen-bond donors (Lipinski definition) is 2. The van der Waals surface area contributed by atoms with Crippen LogP contribution >= 0.6 is 11.8 Å². The van der Waals surface area contributed by atoms with E-state index < -0.39 is 5.97 Å². The molecule has 0 aliphatic carbocycles. The first-order valence-electron chi connectivity index (χ1n) is 6.77. The normalized spacial score (nSPS) is 11.7. The van der Waals surface area contributed by atoms with Gasteiger partial charge >= 0.3 is 5.97 Å². The Hall–Kier alpha value is -1.69. The minimum Gasteiger partial charge on any atom is -0.494 e. The maximum Gasteiger partial charge on any atom is 0.303 e. The van der Waals surface area contributed by atoms with Gasteiger partial charge in [0.2, 0.25) is 5.91 Å². The summed E-state index contributed by atoms with van der Waals surface area (Å²) in [7, 11) is 0. The lowest BCUT2D eigenvalue weighted by Crippen LogP contribution is -2.30. The van der Waals surface area contributed by atoms with E-state index in [-0.39, 0.29) is 17.6 Å². The number of thioether (sulfide) groups is 1. The first kappa shape index (κ1) is 17.4. The van der Waals surface area contributed by atoms with Crippen LogP contribution in [0.4, 0.5) is 0 Å². The van der Waals surface area contributed by atoms with E-state index in [1.165, 1.54) is 11.8 Å². The van der Waals surface area contributed by atoms with Gasteiger partial charge in [0.15, 0.2) is 0 Å². The van der Waals surface area contributed by atoms with Crippen molar-refractivity contribution >= 4 is 23.6 Å². The van der Waals surface area contributed by atoms with Crippen molar-refractivity contribution in [2.45, 2.75) is 31.6 Å². The molecule has 0 radical (unpaired) electrons. The number of aliphatic carboxylic acids is 1. The summed E-state index contributed by atoms with van der Waals surface area (Å²) in [5, 5.41) is 11.3. The monoisotopic (exact) mass is 311 g/mol. The second-order valence-corrected chi connectivity index (χ2v) is 5.76. The van der Waals surface area contributed by atoms with Gasteiger partial charge < -0.3 is 15.2 Å². The zero-order chi connectivity index (χ0) is 15.7. The Kier molecular flexibility index (Phi) is 7.68. The van der Waals surface area contributed by atoms with E-state index in [2.05, 4.69) is 5.32 Å². The van der Waals surface area contributed by atoms with Gasteiger partial charge in [-0.05, 0) is 37.3 Å². The Labute approximate surface area is 129 Å². The summed E-state index contributed by atoms with van der Waals surface area (Å²) in [4.78, 5) is 22.0. The number of carboxylic acids is 1. The van der Waals surface area contributed by atoms with Crippen LogP contribution in [0.2, 0.25) is 0 Å². The summed E-state index contributed by atoms with van der Waals surface area (Å²) in [6, 6.07) is 7.41. The Balaban J connectivity index is 2.33. The first-order valence-corrected chi connectivity index (χ1v) is 8.05. The zero-order valence-electron chi connectivity index (χ0n) is 12.3. The molecule has 21 heavy (non-hydrogen) atoms. The summed E-state index contributed by atoms with van der Waals surface area (Å²) in [5.74, 6) is -0.0893. The van der Waals surface area contributed by atoms with E-state index in [9.17, 15) is 9.59 Å². The fraction of sp³-hybridized carbons (Fsp3) is 0.467. The number of benzene rings is 1. The molecule has 0 heterocycles. The van der Waals surface area contributed by atoms with E-state index in [4.69, 9.17) is 9.84 Å². The molecule has 1 aromatic rings. The average molecular weight is 311 g/mol. The van der Waals surface area contributed by atoms with Gasteiger partial charge in [-0.3, -0.25) is 9.59 Å². The lowest BCUT2D eigenvalue weighted by molar-refractivity contribution is -0.137. The molecule has 1 amide bonds. The molecule has 0 aliphatic heterocycles. The van der Waals surface area contributed by atoms with Crippen molar-refractivity contribution < 1.29 is 19.4 Å². The minimum absolute atomic E-state index is 0.0245. The van der Waals surface area contributed by atoms with E-state index in [1.54, 1.807) is 0 Å². The molecular formula is C15H21NO4S. The molecule has 0 saturated heterocycles. The molecule has 0 bridgehead atoms. The van der Waals surface area contributed by atoms with Gasteiger partial charge in [0.1, 0.15) is 5.75 Å². The van der Waals surface area contributed by atoms with Crippen LogP contribution in [0.15, 0.2) is 24.3 Å². The first-order chi connectivity index (χ1) is 10.0. The fourth-order valence-electron chi connectivity index (χ4n) is 1.56. The number of carboxylic acid groups (broad SMARTS) is 1. The van der Waals surface area contributed by atoms with Gasteiger partial charge in [-0.1, -0.05) is 12.1 Å². The zero-order valence-corrected chi connectivity index (χ0v) is 13.1. The molecule has 1 atom stereocenters. The fourth-order valence-corrected chi connectivity index (χ4v) is 1.85. The molecule has 5 nitrogen and oxygen atoms in total. The molecule has 0 aromatic heterocycles. The molecule has 1 rings (SSSR count). The summed E-state index contributed by atoms with van der Waals surface area (Å²) in [5.41, 5.74) is 0.995. The van der Waals surface area contributed by atoms with Crippen molar-refractivity contribution in [1.29, 1.82) is 0 Å². The number of hydrogen-bond acceptors (Lipinski definition) is 4. The number of ether oxygens (including phenoxy) is 1. The van der Waals surface area contributed by atoms with Crippen LogP contribution in [0.5, 0.6) is 5.75 Å². The Morgan fingerprint density at radius 3 is 2.57 bits per heavy atom. The molecule has 0 fully saturated rings. The second kappa shape index (κ2) is 9.28. The maximum absolute atomic E-state index is 11.6. The standard InChI is InChI=1S/C15H21NO4S/c1-11(21-2)15(19)16-10-12-5-7-13(8-6-12)20-9-3-4-14(17)18/h5-8,11H,3-4,9-10H2,1-2H3,(H,16,19)(H,17,18). The largest absolute Gasteiger partial charge is 0.494 e. The van der Waals surface area contributed by atoms with Crippen LogP contribution in [0.3, 0.4) is 0 Å². The van der Waals surface area contributed by atoms with Gasteiger partial charge in [-0.15, -0.1) is 0 Å². The summed E-state index contributed by atoms with van der Waals surface area (Å²) in [6.45, 7) is 2.74. The number of carbonyl (C=O) groups is 2. The smallest absolute Gasteiger partial charge is 0.303 e. The molecule has 116 valence electrons. The highest BCUT2D eigenvalue weighted by molar-refractivity contribution is 7.99. The topological polar surface area (TPSA) is 75.6 Å². The molecular weight excluding hydrogens is 290 g/mol. The number of nitrogens with one attached hydrogen (secondary N) is 1. The lowest BCUT2D eigenvalue weighted by atomic mass is 10.2. The van der Waals surface area contributed by atoms with Gasteiger partial charge in [0, 0.05) is 13.0 Å². The molecule has 1 aromatic carbocycles. The Bertz CT molecular complexity index is 461. The third-order valence-corrected chi connectivity index (χ3v) is 3.84. The van der Waals surface area contributed by atoms with Crippen LogP contribution in [0.1, 0.15) is 25.3 Å². The number of carbonyl (C=O) groups excluding carboxylic acids is 1. The van der Waals surface area contributed by atoms with Crippen molar-refractivity contribution in [2.24, 2.45) is 0 Å². The number of amides is 1. The van der Waals surface area contributed by atoms with E-state index in [0.29, 0.717) is 25.3 Å². The van der Waals surface area contributed by atoms with Crippen LogP contribution in [0.25, 0.3) is 0 Å². The molecule has 0 spiro atoms. The summed E-state index contributed by atoms with van der Waals surface area (Å²) < 4.78 is 5.44. The van der Waals surface area contributed by atoms with Crippen molar-refractivity contribution in [1.82, 2.24) is 5.32 Å². The van der Waals surface area contributed by atoms with E-state index in [0.717, 1.165) is 5.56 Å². The van der Waals surface area contributed by atoms with Crippen LogP contribution in [-0.2, 0) is 16.1 Å². The van der Waals surface area contributed by atoms with Crippen molar-refractivity contribution in [2.75, 3.05) is 12.9 Å². The van der Waals surface area contributed by atoms with Crippen molar-refractivity contribution in [3.8, 4) is 5.75 Å². The molecule has 6 heteroatoms. The van der Waals surface area contributed by atoms with Crippen LogP contribution in [0, 0.1) is 0 Å². The SMILES string of the molecule is CSC(C)C(=O)NCc1ccc(OCCCC(=O)O)cc1. The Morgan fingerprint density at radius 2 is 2.00 bits per heavy atom. The quantitative estimate of drug-likeness (QED) is 0.684. The lowest BCUT2D eigenvalue weighted by Gasteiger charge is -2.10. The van der Waals surface area contributed by atoms with Gasteiger partial charge in [-0.25, -0.2) is 0 Å². The van der Waals surface area contributed by atoms with Crippen LogP contribution < -0.4 is 10.1 Å². The van der Waals surface area contributed by atoms with E-state index in [1.807, 2.05) is 37.4 Å². The number of rotatable bonds is 9. The molecule has 1 unspecified atom stereocenters. The van der Waals surface area contributed by atoms with Crippen molar-refractivity contribution in [3.63, 3.8) is 0 Å². The average Bonchev–Trinajstić information content (AvgIpc) is 2.49. The van der Waals surface area contributed by atoms with Gasteiger partial charge in [0.05, 0.1) is 11.9 Å². The third-order valence-electron chi connectivity index (χ3n) is 2.92. The molecule has 0 saturated carbocycles. The Morgan fingerprint density at radius 1 is 1.33 bits per heavy atom. The van der Waals surface area contributed by atoms with E-state index >= 15 is 0 Å². The highest BCUT2D eigenvalue weighted by Crippen LogP contribution is 2.13. The highest BCUT2D eigenvalue weighted by Gasteiger charge is 2.09. The summed E-state index contributed by atoms with van der Waals surface area (Å²) in [6.07, 6.45) is 2.50. The molecule has 0 aliphatic rings. The second-order valence-electron chi connectivity index (χ2n) is 4.59. The van der Waals surface area contributed by atoms with Gasteiger partial charge in [-0.2, -0.15) is 11.8 Å². The maximum atomic E-state index is 11.6. The van der Waals surface area contributed by atoms with Crippen molar-refractivity contribution in [3.05, 3.63) is 29.8 Å². The van der Waals surface area contributed by atoms with Crippen LogP contribution in [-0.4, -0.2) is 35.1 Å². The predicted octanol–water partition coefficient (Wildman–Crippen LogP) is 2.30. The third kappa shape index (κ3) is 7.04. The highest BCUT2D eigenvalue weighted by atomic mass is 32.2.